The summed E-state index contributed by atoms with van der Waals surface area (Å²) >= 11 is 0. The number of aryl methyl sites for hydroxylation is 1. The molecule has 0 aromatic heterocycles. The first-order chi connectivity index (χ1) is 7.03. The Hall–Kier alpha value is -1.36. The second-order valence-electron chi connectivity index (χ2n) is 3.51. The second-order valence-corrected chi connectivity index (χ2v) is 5.14. The lowest BCUT2D eigenvalue weighted by Gasteiger charge is -2.16. The van der Waals surface area contributed by atoms with E-state index in [1.165, 1.54) is 0 Å². The van der Waals surface area contributed by atoms with Gasteiger partial charge in [-0.2, -0.15) is 0 Å². The fraction of sp³-hybridized carbons (Fsp3) is 0.300. The van der Waals surface area contributed by atoms with Crippen molar-refractivity contribution in [3.63, 3.8) is 0 Å². The van der Waals surface area contributed by atoms with Gasteiger partial charge in [-0.15, -0.1) is 4.40 Å². The molecule has 5 heteroatoms. The summed E-state index contributed by atoms with van der Waals surface area (Å²) in [5, 5.41) is 0. The molecule has 0 fully saturated rings. The van der Waals surface area contributed by atoms with E-state index in [9.17, 15) is 8.42 Å². The summed E-state index contributed by atoms with van der Waals surface area (Å²) in [5.41, 5.74) is 8.27. The third-order valence-corrected chi connectivity index (χ3v) is 3.60. The number of fused-ring (bicyclic) bond motifs is 1. The van der Waals surface area contributed by atoms with Crippen LogP contribution < -0.4 is 5.73 Å². The highest BCUT2D eigenvalue weighted by atomic mass is 32.2. The van der Waals surface area contributed by atoms with Gasteiger partial charge in [-0.1, -0.05) is 25.1 Å². The molecule has 4 nitrogen and oxygen atoms in total. The topological polar surface area (TPSA) is 72.5 Å². The van der Waals surface area contributed by atoms with Crippen molar-refractivity contribution in [2.45, 2.75) is 19.1 Å². The maximum atomic E-state index is 11.4. The fourth-order valence-electron chi connectivity index (χ4n) is 1.82. The highest BCUT2D eigenvalue weighted by Crippen LogP contribution is 2.22. The van der Waals surface area contributed by atoms with Crippen molar-refractivity contribution in [1.82, 2.24) is 0 Å². The molecule has 0 saturated heterocycles. The van der Waals surface area contributed by atoms with Gasteiger partial charge in [-0.3, -0.25) is 0 Å². The molecule has 0 unspecified atom stereocenters. The minimum absolute atomic E-state index is 0.0448. The van der Waals surface area contributed by atoms with Gasteiger partial charge in [-0.25, -0.2) is 8.42 Å². The van der Waals surface area contributed by atoms with E-state index in [0.717, 1.165) is 23.1 Å². The van der Waals surface area contributed by atoms with Crippen LogP contribution in [-0.4, -0.2) is 14.3 Å². The van der Waals surface area contributed by atoms with Gasteiger partial charge in [0, 0.05) is 5.56 Å². The number of nitrogens with two attached hydrogens (primary N) is 1. The molecule has 0 radical (unpaired) electrons. The average Bonchev–Trinajstić information content (AvgIpc) is 2.14. The minimum Gasteiger partial charge on any atom is -0.383 e. The van der Waals surface area contributed by atoms with E-state index in [1.807, 2.05) is 19.1 Å². The Morgan fingerprint density at radius 2 is 2.20 bits per heavy atom. The molecular formula is C10H12N2O2S. The summed E-state index contributed by atoms with van der Waals surface area (Å²) < 4.78 is 26.2. The van der Waals surface area contributed by atoms with Crippen LogP contribution >= 0.6 is 0 Å². The minimum atomic E-state index is -3.41. The molecule has 0 atom stereocenters. The van der Waals surface area contributed by atoms with E-state index in [0.29, 0.717) is 0 Å². The first-order valence-corrected chi connectivity index (χ1v) is 6.33. The smallest absolute Gasteiger partial charge is 0.259 e. The maximum absolute atomic E-state index is 11.4. The number of sulfonamides is 1. The van der Waals surface area contributed by atoms with Crippen molar-refractivity contribution in [2.24, 2.45) is 10.1 Å². The number of hydrogen-bond donors (Lipinski definition) is 1. The van der Waals surface area contributed by atoms with Gasteiger partial charge in [0.1, 0.15) is 5.84 Å². The van der Waals surface area contributed by atoms with Crippen LogP contribution in [-0.2, 0) is 22.2 Å². The van der Waals surface area contributed by atoms with Crippen LogP contribution in [0, 0.1) is 0 Å². The Balaban J connectivity index is 2.70. The Morgan fingerprint density at radius 1 is 1.47 bits per heavy atom. The highest BCUT2D eigenvalue weighted by molar-refractivity contribution is 7.89. The van der Waals surface area contributed by atoms with Crippen LogP contribution in [0.15, 0.2) is 22.6 Å². The summed E-state index contributed by atoms with van der Waals surface area (Å²) in [6.45, 7) is 2.01. The van der Waals surface area contributed by atoms with Gasteiger partial charge in [0.2, 0.25) is 0 Å². The van der Waals surface area contributed by atoms with Crippen LogP contribution in [0.4, 0.5) is 0 Å². The van der Waals surface area contributed by atoms with Crippen LogP contribution in [0.2, 0.25) is 0 Å². The number of nitrogens with zero attached hydrogens (tertiary/aromatic N) is 1. The van der Waals surface area contributed by atoms with E-state index >= 15 is 0 Å². The molecule has 2 rings (SSSR count). The van der Waals surface area contributed by atoms with E-state index < -0.39 is 10.0 Å². The van der Waals surface area contributed by atoms with Crippen molar-refractivity contribution in [3.8, 4) is 0 Å². The molecule has 0 amide bonds. The Kier molecular flexibility index (Phi) is 2.26. The first kappa shape index (κ1) is 10.2. The third kappa shape index (κ3) is 1.74. The lowest BCUT2D eigenvalue weighted by molar-refractivity contribution is 0.596. The largest absolute Gasteiger partial charge is 0.383 e. The summed E-state index contributed by atoms with van der Waals surface area (Å²) in [4.78, 5) is 0. The quantitative estimate of drug-likeness (QED) is 0.766. The molecule has 80 valence electrons. The van der Waals surface area contributed by atoms with Gasteiger partial charge >= 0.3 is 0 Å². The fourth-order valence-corrected chi connectivity index (χ4v) is 2.91. The summed E-state index contributed by atoms with van der Waals surface area (Å²) in [5.74, 6) is 0.0744. The molecule has 0 spiro atoms. The van der Waals surface area contributed by atoms with Crippen LogP contribution in [0.5, 0.6) is 0 Å². The predicted molar refractivity (Wildman–Crippen MR) is 59.2 cm³/mol. The van der Waals surface area contributed by atoms with Crippen molar-refractivity contribution in [2.75, 3.05) is 0 Å². The zero-order valence-corrected chi connectivity index (χ0v) is 9.21. The molecule has 1 heterocycles. The number of rotatable bonds is 1. The molecule has 2 N–H and O–H groups in total. The summed E-state index contributed by atoms with van der Waals surface area (Å²) in [6, 6.07) is 5.58. The van der Waals surface area contributed by atoms with Crippen molar-refractivity contribution in [3.05, 3.63) is 34.9 Å². The van der Waals surface area contributed by atoms with E-state index in [-0.39, 0.29) is 11.6 Å². The zero-order valence-electron chi connectivity index (χ0n) is 8.40. The zero-order chi connectivity index (χ0) is 11.1. The van der Waals surface area contributed by atoms with Gasteiger partial charge in [0.15, 0.2) is 0 Å². The number of benzene rings is 1. The van der Waals surface area contributed by atoms with Crippen molar-refractivity contribution in [1.29, 1.82) is 0 Å². The molecule has 15 heavy (non-hydrogen) atoms. The predicted octanol–water partition coefficient (Wildman–Crippen LogP) is 0.798. The standard InChI is InChI=1S/C10H12N2O2S/c1-2-7-4-3-5-8-6-15(13,14)12-10(11)9(7)8/h3-5H,2,6H2,1H3,(H2,11,12). The first-order valence-electron chi connectivity index (χ1n) is 4.73. The summed E-state index contributed by atoms with van der Waals surface area (Å²) in [7, 11) is -3.41. The molecule has 1 aromatic rings. The molecule has 1 aromatic carbocycles. The lowest BCUT2D eigenvalue weighted by atomic mass is 9.99. The molecule has 0 aliphatic carbocycles. The van der Waals surface area contributed by atoms with Gasteiger partial charge in [-0.05, 0) is 17.5 Å². The summed E-state index contributed by atoms with van der Waals surface area (Å²) in [6.07, 6.45) is 0.819. The number of hydrogen-bond acceptors (Lipinski definition) is 3. The third-order valence-electron chi connectivity index (χ3n) is 2.45. The molecular weight excluding hydrogens is 212 g/mol. The van der Waals surface area contributed by atoms with E-state index in [4.69, 9.17) is 5.73 Å². The van der Waals surface area contributed by atoms with Gasteiger partial charge in [0.05, 0.1) is 5.75 Å². The molecule has 0 saturated carbocycles. The molecule has 0 bridgehead atoms. The van der Waals surface area contributed by atoms with Gasteiger partial charge in [0.25, 0.3) is 10.0 Å². The monoisotopic (exact) mass is 224 g/mol. The molecule has 1 aliphatic heterocycles. The Labute approximate surface area is 88.9 Å². The highest BCUT2D eigenvalue weighted by Gasteiger charge is 2.23. The van der Waals surface area contributed by atoms with Crippen LogP contribution in [0.25, 0.3) is 0 Å². The van der Waals surface area contributed by atoms with Crippen LogP contribution in [0.3, 0.4) is 0 Å². The van der Waals surface area contributed by atoms with Gasteiger partial charge < -0.3 is 5.73 Å². The maximum Gasteiger partial charge on any atom is 0.259 e. The number of amidine groups is 1. The SMILES string of the molecule is CCc1cccc2c1C(N)=NS(=O)(=O)C2. The Bertz CT molecular complexity index is 532. The van der Waals surface area contributed by atoms with E-state index in [2.05, 4.69) is 4.40 Å². The molecule has 1 aliphatic rings. The average molecular weight is 224 g/mol. The van der Waals surface area contributed by atoms with Crippen molar-refractivity contribution >= 4 is 15.9 Å². The second kappa shape index (κ2) is 3.34. The van der Waals surface area contributed by atoms with Crippen molar-refractivity contribution < 1.29 is 8.42 Å². The van der Waals surface area contributed by atoms with Crippen LogP contribution in [0.1, 0.15) is 23.6 Å². The lowest BCUT2D eigenvalue weighted by Crippen LogP contribution is -2.25. The Morgan fingerprint density at radius 3 is 2.87 bits per heavy atom. The normalized spacial score (nSPS) is 18.1. The van der Waals surface area contributed by atoms with E-state index in [1.54, 1.807) is 6.07 Å².